The third-order valence-corrected chi connectivity index (χ3v) is 5.15. The number of likely N-dealkylation sites (tertiary alicyclic amines) is 1. The van der Waals surface area contributed by atoms with Crippen molar-refractivity contribution in [1.29, 1.82) is 0 Å². The van der Waals surface area contributed by atoms with Crippen molar-refractivity contribution < 1.29 is 14.0 Å². The van der Waals surface area contributed by atoms with Crippen LogP contribution in [-0.2, 0) is 6.54 Å². The summed E-state index contributed by atoms with van der Waals surface area (Å²) in [6.45, 7) is 1.38. The first-order valence-corrected chi connectivity index (χ1v) is 9.63. The number of ketones is 1. The molecule has 0 N–H and O–H groups in total. The Bertz CT molecular complexity index is 1000. The van der Waals surface area contributed by atoms with Gasteiger partial charge in [-0.2, -0.15) is 0 Å². The second-order valence-electron chi connectivity index (χ2n) is 7.25. The van der Waals surface area contributed by atoms with Crippen LogP contribution in [0, 0.1) is 11.7 Å². The molecule has 3 aromatic rings. The molecule has 1 amide bonds. The normalized spacial score (nSPS) is 16.6. The smallest absolute Gasteiger partial charge is 0.276 e. The number of aromatic nitrogens is 3. The number of benzene rings is 2. The fourth-order valence-electron chi connectivity index (χ4n) is 3.63. The lowest BCUT2D eigenvalue weighted by Crippen LogP contribution is -2.42. The van der Waals surface area contributed by atoms with Gasteiger partial charge in [-0.3, -0.25) is 9.59 Å². The standard InChI is InChI=1S/C22H21FN4O2/c23-19-10-8-16(9-11-19)13-27-15-20(24-25-27)22(29)26-12-4-7-18(14-26)21(28)17-5-2-1-3-6-17/h1-3,5-6,8-11,15,18H,4,7,12-14H2. The highest BCUT2D eigenvalue weighted by molar-refractivity contribution is 5.99. The minimum Gasteiger partial charge on any atom is -0.336 e. The molecular weight excluding hydrogens is 371 g/mol. The summed E-state index contributed by atoms with van der Waals surface area (Å²) in [6.07, 6.45) is 3.14. The molecule has 0 saturated carbocycles. The molecule has 1 aliphatic heterocycles. The molecule has 29 heavy (non-hydrogen) atoms. The first kappa shape index (κ1) is 19.0. The van der Waals surface area contributed by atoms with Crippen molar-refractivity contribution in [1.82, 2.24) is 19.9 Å². The third-order valence-electron chi connectivity index (χ3n) is 5.15. The highest BCUT2D eigenvalue weighted by atomic mass is 19.1. The molecule has 148 valence electrons. The summed E-state index contributed by atoms with van der Waals surface area (Å²) in [5.41, 5.74) is 1.79. The summed E-state index contributed by atoms with van der Waals surface area (Å²) >= 11 is 0. The number of hydrogen-bond acceptors (Lipinski definition) is 4. The summed E-state index contributed by atoms with van der Waals surface area (Å²) in [5, 5.41) is 8.01. The summed E-state index contributed by atoms with van der Waals surface area (Å²) in [6, 6.07) is 15.3. The number of piperidine rings is 1. The number of nitrogens with zero attached hydrogens (tertiary/aromatic N) is 4. The minimum atomic E-state index is -0.298. The average Bonchev–Trinajstić information content (AvgIpc) is 3.23. The van der Waals surface area contributed by atoms with Crippen LogP contribution in [0.1, 0.15) is 39.3 Å². The van der Waals surface area contributed by atoms with Crippen LogP contribution in [0.4, 0.5) is 4.39 Å². The van der Waals surface area contributed by atoms with Crippen LogP contribution in [0.25, 0.3) is 0 Å². The topological polar surface area (TPSA) is 68.1 Å². The van der Waals surface area contributed by atoms with Crippen LogP contribution >= 0.6 is 0 Å². The molecule has 0 radical (unpaired) electrons. The molecule has 1 aliphatic rings. The molecule has 2 heterocycles. The zero-order valence-corrected chi connectivity index (χ0v) is 15.9. The van der Waals surface area contributed by atoms with E-state index >= 15 is 0 Å². The van der Waals surface area contributed by atoms with E-state index in [0.29, 0.717) is 25.2 Å². The highest BCUT2D eigenvalue weighted by Crippen LogP contribution is 2.22. The number of carbonyl (C=O) groups excluding carboxylic acids is 2. The molecular formula is C22H21FN4O2. The maximum absolute atomic E-state index is 13.0. The molecule has 6 nitrogen and oxygen atoms in total. The average molecular weight is 392 g/mol. The van der Waals surface area contributed by atoms with Gasteiger partial charge in [0.05, 0.1) is 12.7 Å². The van der Waals surface area contributed by atoms with E-state index in [2.05, 4.69) is 10.3 Å². The van der Waals surface area contributed by atoms with Gasteiger partial charge in [0.2, 0.25) is 0 Å². The van der Waals surface area contributed by atoms with Gasteiger partial charge in [-0.1, -0.05) is 47.7 Å². The Morgan fingerprint density at radius 3 is 2.59 bits per heavy atom. The molecule has 1 fully saturated rings. The number of halogens is 1. The molecule has 2 aromatic carbocycles. The number of rotatable bonds is 5. The Labute approximate surface area is 168 Å². The van der Waals surface area contributed by atoms with Crippen LogP contribution < -0.4 is 0 Å². The van der Waals surface area contributed by atoms with Gasteiger partial charge in [-0.15, -0.1) is 5.10 Å². The summed E-state index contributed by atoms with van der Waals surface area (Å²) < 4.78 is 14.6. The van der Waals surface area contributed by atoms with Gasteiger partial charge in [-0.05, 0) is 30.5 Å². The lowest BCUT2D eigenvalue weighted by molar-refractivity contribution is 0.0632. The fourth-order valence-corrected chi connectivity index (χ4v) is 3.63. The van der Waals surface area contributed by atoms with Crippen molar-refractivity contribution in [2.24, 2.45) is 5.92 Å². The maximum atomic E-state index is 13.0. The lowest BCUT2D eigenvalue weighted by Gasteiger charge is -2.31. The molecule has 0 bridgehead atoms. The number of amides is 1. The summed E-state index contributed by atoms with van der Waals surface area (Å²) in [5.74, 6) is -0.652. The zero-order valence-electron chi connectivity index (χ0n) is 15.9. The Hall–Kier alpha value is -3.35. The molecule has 1 atom stereocenters. The van der Waals surface area contributed by atoms with Crippen LogP contribution in [0.2, 0.25) is 0 Å². The van der Waals surface area contributed by atoms with Gasteiger partial charge < -0.3 is 4.90 Å². The van der Waals surface area contributed by atoms with Crippen molar-refractivity contribution in [2.45, 2.75) is 19.4 Å². The van der Waals surface area contributed by atoms with Crippen LogP contribution in [-0.4, -0.2) is 44.7 Å². The van der Waals surface area contributed by atoms with E-state index in [9.17, 15) is 14.0 Å². The van der Waals surface area contributed by atoms with E-state index in [4.69, 9.17) is 0 Å². The molecule has 0 spiro atoms. The first-order valence-electron chi connectivity index (χ1n) is 9.63. The minimum absolute atomic E-state index is 0.0723. The molecule has 1 saturated heterocycles. The first-order chi connectivity index (χ1) is 14.1. The maximum Gasteiger partial charge on any atom is 0.276 e. The molecule has 1 aromatic heterocycles. The Kier molecular flexibility index (Phi) is 5.46. The largest absolute Gasteiger partial charge is 0.336 e. The lowest BCUT2D eigenvalue weighted by atomic mass is 9.90. The van der Waals surface area contributed by atoms with Gasteiger partial charge in [0.25, 0.3) is 5.91 Å². The molecule has 0 aliphatic carbocycles. The number of hydrogen-bond donors (Lipinski definition) is 0. The second kappa shape index (κ2) is 8.34. The second-order valence-corrected chi connectivity index (χ2v) is 7.25. The van der Waals surface area contributed by atoms with E-state index in [0.717, 1.165) is 18.4 Å². The Morgan fingerprint density at radius 1 is 1.07 bits per heavy atom. The number of Topliss-reactive ketones (excluding diaryl/α,β-unsaturated/α-hetero) is 1. The van der Waals surface area contributed by atoms with E-state index in [1.165, 1.54) is 12.1 Å². The molecule has 1 unspecified atom stereocenters. The van der Waals surface area contributed by atoms with Crippen molar-refractivity contribution in [2.75, 3.05) is 13.1 Å². The highest BCUT2D eigenvalue weighted by Gasteiger charge is 2.30. The Balaban J connectivity index is 1.42. The van der Waals surface area contributed by atoms with Gasteiger partial charge in [0.1, 0.15) is 5.82 Å². The van der Waals surface area contributed by atoms with Crippen LogP contribution in [0.3, 0.4) is 0 Å². The van der Waals surface area contributed by atoms with Gasteiger partial charge >= 0.3 is 0 Å². The van der Waals surface area contributed by atoms with E-state index < -0.39 is 0 Å². The molecule has 7 heteroatoms. The van der Waals surface area contributed by atoms with E-state index in [1.807, 2.05) is 30.3 Å². The predicted molar refractivity (Wildman–Crippen MR) is 105 cm³/mol. The van der Waals surface area contributed by atoms with Crippen molar-refractivity contribution in [3.8, 4) is 0 Å². The van der Waals surface area contributed by atoms with Crippen molar-refractivity contribution >= 4 is 11.7 Å². The quantitative estimate of drug-likeness (QED) is 0.626. The van der Waals surface area contributed by atoms with Gasteiger partial charge in [0.15, 0.2) is 11.5 Å². The van der Waals surface area contributed by atoms with Gasteiger partial charge in [0, 0.05) is 24.6 Å². The van der Waals surface area contributed by atoms with Gasteiger partial charge in [-0.25, -0.2) is 9.07 Å². The van der Waals surface area contributed by atoms with E-state index in [1.54, 1.807) is 27.9 Å². The third kappa shape index (κ3) is 4.39. The molecule has 4 rings (SSSR count). The number of carbonyl (C=O) groups is 2. The summed E-state index contributed by atoms with van der Waals surface area (Å²) in [7, 11) is 0. The van der Waals surface area contributed by atoms with Crippen molar-refractivity contribution in [3.05, 3.63) is 83.4 Å². The SMILES string of the molecule is O=C(c1ccccc1)C1CCCN(C(=O)c2cn(Cc3ccc(F)cc3)nn2)C1. The predicted octanol–water partition coefficient (Wildman–Crippen LogP) is 3.20. The fraction of sp³-hybridized carbons (Fsp3) is 0.273. The Morgan fingerprint density at radius 2 is 1.83 bits per heavy atom. The van der Waals surface area contributed by atoms with Crippen LogP contribution in [0.15, 0.2) is 60.8 Å². The monoisotopic (exact) mass is 392 g/mol. The zero-order chi connectivity index (χ0) is 20.2. The van der Waals surface area contributed by atoms with E-state index in [-0.39, 0.29) is 29.1 Å². The van der Waals surface area contributed by atoms with Crippen molar-refractivity contribution in [3.63, 3.8) is 0 Å². The van der Waals surface area contributed by atoms with Crippen LogP contribution in [0.5, 0.6) is 0 Å². The summed E-state index contributed by atoms with van der Waals surface area (Å²) in [4.78, 5) is 27.3.